The monoisotopic (exact) mass is 2130 g/mol. The number of hydrogen-bond donors (Lipinski definition) is 0. The van der Waals surface area contributed by atoms with Gasteiger partial charge < -0.3 is 17.7 Å². The second-order valence-electron chi connectivity index (χ2n) is 29.3. The van der Waals surface area contributed by atoms with Crippen molar-refractivity contribution in [3.8, 4) is 23.0 Å². The third kappa shape index (κ3) is 16.5. The van der Waals surface area contributed by atoms with Crippen LogP contribution in [0.15, 0.2) is 473 Å². The maximum Gasteiger partial charge on any atom is 0.347 e. The van der Waals surface area contributed by atoms with E-state index in [2.05, 4.69) is 564 Å². The zero-order valence-corrected chi connectivity index (χ0v) is 81.1. The molecule has 0 aromatic heterocycles. The molecule has 0 aliphatic carbocycles. The van der Waals surface area contributed by atoms with E-state index in [1.807, 2.05) is 0 Å². The van der Waals surface area contributed by atoms with Crippen molar-refractivity contribution >= 4 is 223 Å². The molecule has 0 saturated carbocycles. The fourth-order valence-corrected chi connectivity index (χ4v) is 39.0. The molecule has 0 unspecified atom stereocenters. The molecule has 0 N–H and O–H groups in total. The molecular formula is C104H74Br8O4Si4. The van der Waals surface area contributed by atoms with Crippen molar-refractivity contribution in [3.05, 3.63) is 506 Å². The van der Waals surface area contributed by atoms with E-state index in [-0.39, 0.29) is 0 Å². The average molecular weight is 2140 g/mol. The zero-order valence-electron chi connectivity index (χ0n) is 64.4. The van der Waals surface area contributed by atoms with E-state index in [4.69, 9.17) is 17.7 Å². The van der Waals surface area contributed by atoms with Crippen LogP contribution >= 0.6 is 127 Å². The Morgan fingerprint density at radius 3 is 0.358 bits per heavy atom. The first kappa shape index (κ1) is 82.9. The largest absolute Gasteiger partial charge is 0.529 e. The molecule has 0 radical (unpaired) electrons. The van der Waals surface area contributed by atoms with E-state index in [1.54, 1.807) is 0 Å². The summed E-state index contributed by atoms with van der Waals surface area (Å²) in [5.74, 6) is 1.98. The van der Waals surface area contributed by atoms with Gasteiger partial charge in [-0.15, -0.1) is 0 Å². The number of hydrogen-bond acceptors (Lipinski definition) is 4. The average Bonchev–Trinajstić information content (AvgIpc) is 0.751. The molecule has 0 aliphatic rings. The van der Waals surface area contributed by atoms with Gasteiger partial charge in [-0.1, -0.05) is 388 Å². The summed E-state index contributed by atoms with van der Waals surface area (Å²) in [7, 11) is -13.3. The van der Waals surface area contributed by atoms with Crippen molar-refractivity contribution in [2.45, 2.75) is 11.8 Å². The molecule has 0 heterocycles. The second-order valence-corrected chi connectivity index (χ2v) is 49.3. The maximum atomic E-state index is 7.91. The summed E-state index contributed by atoms with van der Waals surface area (Å²) in [6.45, 7) is 0. The van der Waals surface area contributed by atoms with Crippen LogP contribution in [-0.2, 0) is 0 Å². The molecular weight excluding hydrogens is 2060 g/mol. The molecule has 17 rings (SSSR count). The van der Waals surface area contributed by atoms with Gasteiger partial charge in [0, 0.05) is 11.8 Å². The van der Waals surface area contributed by atoms with Crippen LogP contribution in [0.3, 0.4) is 0 Å². The molecule has 0 fully saturated rings. The molecule has 17 aromatic rings. The van der Waals surface area contributed by atoms with Crippen LogP contribution < -0.4 is 79.9 Å². The SMILES string of the molecule is Brc1cc(C(c2ccc(C(c3cc(Br)c(O[Si](c4ccccc4)(c4ccccc4)c4ccccc4)c(Br)c3)c3cc(Br)c(O[Si](c4ccccc4)(c4ccccc4)c4ccccc4)c(Br)c3)cc2)c2cc(Br)c(O[Si](c3ccccc3)(c3ccccc3)c3ccccc3)c(Br)c2)cc(Br)c1O[Si](c1ccccc1)(c1ccccc1)c1ccccc1. The lowest BCUT2D eigenvalue weighted by Crippen LogP contribution is -2.71. The minimum Gasteiger partial charge on any atom is -0.529 e. The van der Waals surface area contributed by atoms with E-state index in [0.717, 1.165) is 131 Å². The smallest absolute Gasteiger partial charge is 0.347 e. The summed E-state index contributed by atoms with van der Waals surface area (Å²) < 4.78 is 38.0. The number of halogens is 8. The molecule has 120 heavy (non-hydrogen) atoms. The van der Waals surface area contributed by atoms with Crippen LogP contribution in [0.25, 0.3) is 0 Å². The van der Waals surface area contributed by atoms with Crippen LogP contribution in [-0.4, -0.2) is 33.3 Å². The molecule has 0 atom stereocenters. The Bertz CT molecular complexity index is 5140. The maximum absolute atomic E-state index is 7.91. The standard InChI is InChI=1S/C104H74Br8O4Si4/c105-91-65-75(66-92(106)101(91)113-117(79-37-13-1-14-38-79,80-39-15-2-16-40-80)81-41-17-3-18-42-81)99(76-67-93(107)102(94(108)68-76)114-118(82-43-19-4-20-44-82,83-45-21-5-22-46-83)84-47-23-6-24-48-84)73-61-63-74(64-62-73)100(77-69-95(109)103(96(110)70-77)115-119(85-49-25-7-26-50-85,86-51-27-8-28-52-86)87-53-29-9-30-54-87)78-71-97(111)104(98(112)72-78)116-120(88-55-31-10-32-56-88,89-57-33-11-34-58-89)90-59-35-12-36-60-90/h1-72,99-100H. The Balaban J connectivity index is 0.847. The van der Waals surface area contributed by atoms with Crippen LogP contribution in [0, 0.1) is 0 Å². The lowest BCUT2D eigenvalue weighted by molar-refractivity contribution is 0.567. The summed E-state index contributed by atoms with van der Waals surface area (Å²) in [6, 6.07) is 155. The Hall–Kier alpha value is -9.35. The molecule has 17 aromatic carbocycles. The van der Waals surface area contributed by atoms with Gasteiger partial charge in [0.2, 0.25) is 0 Å². The van der Waals surface area contributed by atoms with Crippen molar-refractivity contribution in [3.63, 3.8) is 0 Å². The molecule has 0 aliphatic heterocycles. The van der Waals surface area contributed by atoms with Crippen molar-refractivity contribution in [1.29, 1.82) is 0 Å². The van der Waals surface area contributed by atoms with Crippen LogP contribution in [0.5, 0.6) is 23.0 Å². The molecule has 4 nitrogen and oxygen atoms in total. The minimum atomic E-state index is -3.32. The highest BCUT2D eigenvalue weighted by atomic mass is 79.9. The Labute approximate surface area is 772 Å². The fourth-order valence-electron chi connectivity index (χ4n) is 16.8. The van der Waals surface area contributed by atoms with E-state index in [1.165, 1.54) is 0 Å². The topological polar surface area (TPSA) is 36.9 Å². The van der Waals surface area contributed by atoms with Gasteiger partial charge in [0.05, 0.1) is 35.8 Å². The fraction of sp³-hybridized carbons (Fsp3) is 0.0192. The molecule has 0 spiro atoms. The third-order valence-corrected chi connectivity index (χ3v) is 42.7. The molecule has 0 saturated heterocycles. The van der Waals surface area contributed by atoms with Gasteiger partial charge in [-0.2, -0.15) is 0 Å². The van der Waals surface area contributed by atoms with E-state index < -0.39 is 45.1 Å². The van der Waals surface area contributed by atoms with Gasteiger partial charge in [0.1, 0.15) is 23.0 Å². The number of rotatable bonds is 26. The first-order chi connectivity index (χ1) is 58.8. The number of benzene rings is 17. The van der Waals surface area contributed by atoms with Crippen LogP contribution in [0.4, 0.5) is 0 Å². The van der Waals surface area contributed by atoms with Gasteiger partial charge in [-0.25, -0.2) is 0 Å². The van der Waals surface area contributed by atoms with E-state index >= 15 is 0 Å². The highest BCUT2D eigenvalue weighted by Gasteiger charge is 2.49. The minimum absolute atomic E-state index is 0.398. The second kappa shape index (κ2) is 37.2. The third-order valence-electron chi connectivity index (χ3n) is 22.2. The van der Waals surface area contributed by atoms with Gasteiger partial charge >= 0.3 is 33.3 Å². The summed E-state index contributed by atoms with van der Waals surface area (Å²) in [4.78, 5) is 0. The molecule has 586 valence electrons. The van der Waals surface area contributed by atoms with Crippen LogP contribution in [0.2, 0.25) is 0 Å². The Morgan fingerprint density at radius 2 is 0.250 bits per heavy atom. The zero-order chi connectivity index (χ0) is 82.2. The summed E-state index contributed by atoms with van der Waals surface area (Å²) in [6.07, 6.45) is 0. The highest BCUT2D eigenvalue weighted by Crippen LogP contribution is 2.49. The first-order valence-corrected chi connectivity index (χ1v) is 53.2. The molecule has 0 amide bonds. The van der Waals surface area contributed by atoms with Gasteiger partial charge in [-0.05, 0) is 272 Å². The quantitative estimate of drug-likeness (QED) is 0.0400. The highest BCUT2D eigenvalue weighted by molar-refractivity contribution is 9.12. The van der Waals surface area contributed by atoms with Gasteiger partial charge in [0.25, 0.3) is 0 Å². The van der Waals surface area contributed by atoms with Crippen molar-refractivity contribution in [2.24, 2.45) is 0 Å². The summed E-state index contributed by atoms with van der Waals surface area (Å²) >= 11 is 34.0. The Morgan fingerprint density at radius 1 is 0.142 bits per heavy atom. The normalized spacial score (nSPS) is 11.8. The van der Waals surface area contributed by atoms with Crippen molar-refractivity contribution in [1.82, 2.24) is 0 Å². The molecule has 0 bridgehead atoms. The van der Waals surface area contributed by atoms with Gasteiger partial charge in [-0.3, -0.25) is 0 Å². The lowest BCUT2D eigenvalue weighted by Gasteiger charge is -2.35. The summed E-state index contributed by atoms with van der Waals surface area (Å²) in [5.41, 5.74) is 6.07. The van der Waals surface area contributed by atoms with Crippen molar-refractivity contribution in [2.75, 3.05) is 0 Å². The predicted octanol–water partition coefficient (Wildman–Crippen LogP) is 22.3. The van der Waals surface area contributed by atoms with Gasteiger partial charge in [0.15, 0.2) is 0 Å². The first-order valence-electron chi connectivity index (χ1n) is 39.2. The summed E-state index contributed by atoms with van der Waals surface area (Å²) in [5, 5.41) is 13.3. The van der Waals surface area contributed by atoms with E-state index in [0.29, 0.717) is 23.0 Å². The Kier molecular flexibility index (Phi) is 25.7. The predicted molar refractivity (Wildman–Crippen MR) is 534 cm³/mol. The van der Waals surface area contributed by atoms with Crippen molar-refractivity contribution < 1.29 is 17.7 Å². The van der Waals surface area contributed by atoms with Crippen LogP contribution in [0.1, 0.15) is 45.2 Å². The lowest BCUT2D eigenvalue weighted by atomic mass is 9.81. The molecule has 16 heteroatoms. The van der Waals surface area contributed by atoms with E-state index in [9.17, 15) is 0 Å².